The summed E-state index contributed by atoms with van der Waals surface area (Å²) in [6.45, 7) is 8.19. The van der Waals surface area contributed by atoms with Crippen molar-refractivity contribution in [1.29, 1.82) is 0 Å². The third-order valence-corrected chi connectivity index (χ3v) is 7.43. The first-order chi connectivity index (χ1) is 15.5. The van der Waals surface area contributed by atoms with Crippen LogP contribution in [0.2, 0.25) is 10.0 Å². The molecule has 2 aliphatic rings. The number of hydrogen-bond acceptors (Lipinski definition) is 4. The van der Waals surface area contributed by atoms with Crippen LogP contribution in [0.15, 0.2) is 42.5 Å². The molecule has 0 radical (unpaired) electrons. The van der Waals surface area contributed by atoms with Gasteiger partial charge in [0.25, 0.3) is 0 Å². The Hall–Kier alpha value is -1.59. The van der Waals surface area contributed by atoms with Gasteiger partial charge in [-0.15, -0.1) is 0 Å². The van der Waals surface area contributed by atoms with E-state index in [1.54, 1.807) is 19.1 Å². The van der Waals surface area contributed by atoms with Crippen molar-refractivity contribution < 1.29 is 9.53 Å². The van der Waals surface area contributed by atoms with Gasteiger partial charge in [0.2, 0.25) is 0 Å². The fourth-order valence-electron chi connectivity index (χ4n) is 4.79. The van der Waals surface area contributed by atoms with Crippen molar-refractivity contribution in [2.24, 2.45) is 5.92 Å². The third kappa shape index (κ3) is 6.48. The monoisotopic (exact) mass is 474 g/mol. The maximum absolute atomic E-state index is 11.6. The molecule has 0 N–H and O–H groups in total. The van der Waals surface area contributed by atoms with Crippen LogP contribution in [0, 0.1) is 5.92 Å². The molecule has 0 saturated carbocycles. The van der Waals surface area contributed by atoms with Crippen LogP contribution < -0.4 is 4.74 Å². The number of halogens is 2. The Morgan fingerprint density at radius 2 is 1.66 bits per heavy atom. The van der Waals surface area contributed by atoms with Crippen molar-refractivity contribution >= 4 is 29.0 Å². The van der Waals surface area contributed by atoms with Gasteiger partial charge in [-0.1, -0.05) is 41.4 Å². The quantitative estimate of drug-likeness (QED) is 0.464. The number of ketones is 1. The van der Waals surface area contributed by atoms with Gasteiger partial charge in [-0.05, 0) is 75.4 Å². The van der Waals surface area contributed by atoms with E-state index in [1.807, 2.05) is 24.3 Å². The first kappa shape index (κ1) is 23.6. The maximum Gasteiger partial charge on any atom is 0.159 e. The molecule has 2 saturated heterocycles. The van der Waals surface area contributed by atoms with Gasteiger partial charge in [0.05, 0.1) is 10.0 Å². The van der Waals surface area contributed by atoms with Crippen LogP contribution in [0.25, 0.3) is 0 Å². The average Bonchev–Trinajstić information content (AvgIpc) is 2.79. The molecule has 2 aromatic rings. The summed E-state index contributed by atoms with van der Waals surface area (Å²) in [5.74, 6) is 1.71. The molecule has 0 spiro atoms. The van der Waals surface area contributed by atoms with Crippen LogP contribution in [0.1, 0.15) is 48.5 Å². The standard InChI is InChI=1S/C26H32Cl2N2O2/c1-19(31)22-4-2-3-21(15-22)18-29-11-7-20(8-12-29)17-30-13-9-23(10-14-30)32-24-5-6-25(27)26(28)16-24/h2-6,15-16,20,23H,7-14,17-18H2,1H3. The molecule has 0 atom stereocenters. The highest BCUT2D eigenvalue weighted by Crippen LogP contribution is 2.29. The minimum Gasteiger partial charge on any atom is -0.490 e. The molecule has 172 valence electrons. The number of carbonyl (C=O) groups is 1. The number of rotatable bonds is 7. The second-order valence-corrected chi connectivity index (χ2v) is 9.98. The van der Waals surface area contributed by atoms with Gasteiger partial charge in [-0.2, -0.15) is 0 Å². The zero-order valence-corrected chi connectivity index (χ0v) is 20.2. The van der Waals surface area contributed by atoms with E-state index in [2.05, 4.69) is 15.9 Å². The molecule has 0 aromatic heterocycles. The zero-order valence-electron chi connectivity index (χ0n) is 18.7. The lowest BCUT2D eigenvalue weighted by Crippen LogP contribution is -2.43. The Balaban J connectivity index is 1.17. The van der Waals surface area contributed by atoms with Crippen molar-refractivity contribution in [3.05, 3.63) is 63.6 Å². The highest BCUT2D eigenvalue weighted by molar-refractivity contribution is 6.42. The van der Waals surface area contributed by atoms with Gasteiger partial charge in [-0.3, -0.25) is 9.69 Å². The Bertz CT molecular complexity index is 920. The van der Waals surface area contributed by atoms with E-state index in [9.17, 15) is 4.79 Å². The highest BCUT2D eigenvalue weighted by Gasteiger charge is 2.25. The molecule has 6 heteroatoms. The molecule has 2 aromatic carbocycles. The minimum absolute atomic E-state index is 0.136. The average molecular weight is 475 g/mol. The largest absolute Gasteiger partial charge is 0.490 e. The van der Waals surface area contributed by atoms with Crippen LogP contribution in [-0.2, 0) is 6.54 Å². The molecule has 2 heterocycles. The summed E-state index contributed by atoms with van der Waals surface area (Å²) in [5, 5.41) is 1.10. The number of piperidine rings is 2. The first-order valence-electron chi connectivity index (χ1n) is 11.6. The predicted octanol–water partition coefficient (Wildman–Crippen LogP) is 5.95. The van der Waals surface area contributed by atoms with Crippen LogP contribution in [0.4, 0.5) is 0 Å². The second-order valence-electron chi connectivity index (χ2n) is 9.17. The fourth-order valence-corrected chi connectivity index (χ4v) is 5.08. The molecule has 2 aliphatic heterocycles. The smallest absolute Gasteiger partial charge is 0.159 e. The molecular weight excluding hydrogens is 443 g/mol. The highest BCUT2D eigenvalue weighted by atomic mass is 35.5. The van der Waals surface area contributed by atoms with Gasteiger partial charge >= 0.3 is 0 Å². The molecule has 0 bridgehead atoms. The lowest BCUT2D eigenvalue weighted by atomic mass is 9.94. The molecule has 2 fully saturated rings. The topological polar surface area (TPSA) is 32.8 Å². The van der Waals surface area contributed by atoms with Crippen molar-refractivity contribution in [3.63, 3.8) is 0 Å². The van der Waals surface area contributed by atoms with E-state index in [0.717, 1.165) is 62.8 Å². The number of benzene rings is 2. The van der Waals surface area contributed by atoms with Gasteiger partial charge in [0.1, 0.15) is 11.9 Å². The number of nitrogens with zero attached hydrogens (tertiary/aromatic N) is 2. The normalized spacial score (nSPS) is 19.2. The van der Waals surface area contributed by atoms with Crippen molar-refractivity contribution in [2.75, 3.05) is 32.7 Å². The Morgan fingerprint density at radius 3 is 2.34 bits per heavy atom. The third-order valence-electron chi connectivity index (χ3n) is 6.69. The molecule has 32 heavy (non-hydrogen) atoms. The van der Waals surface area contributed by atoms with E-state index in [1.165, 1.54) is 24.9 Å². The molecule has 4 nitrogen and oxygen atoms in total. The lowest BCUT2D eigenvalue weighted by molar-refractivity contribution is 0.0773. The van der Waals surface area contributed by atoms with Crippen LogP contribution in [0.3, 0.4) is 0 Å². The minimum atomic E-state index is 0.136. The summed E-state index contributed by atoms with van der Waals surface area (Å²) in [4.78, 5) is 16.7. The summed E-state index contributed by atoms with van der Waals surface area (Å²) in [6, 6.07) is 13.6. The van der Waals surface area contributed by atoms with Crippen LogP contribution >= 0.6 is 23.2 Å². The Kier molecular flexibility index (Phi) is 8.12. The zero-order chi connectivity index (χ0) is 22.5. The van der Waals surface area contributed by atoms with Crippen LogP contribution in [-0.4, -0.2) is 54.4 Å². The molecule has 0 unspecified atom stereocenters. The van der Waals surface area contributed by atoms with Crippen molar-refractivity contribution in [2.45, 2.75) is 45.3 Å². The Morgan fingerprint density at radius 1 is 0.938 bits per heavy atom. The van der Waals surface area contributed by atoms with Gasteiger partial charge in [-0.25, -0.2) is 0 Å². The first-order valence-corrected chi connectivity index (χ1v) is 12.4. The number of Topliss-reactive ketones (excluding diaryl/α,β-unsaturated/α-hetero) is 1. The summed E-state index contributed by atoms with van der Waals surface area (Å²) in [5.41, 5.74) is 2.05. The molecule has 4 rings (SSSR count). The lowest BCUT2D eigenvalue weighted by Gasteiger charge is -2.37. The SMILES string of the molecule is CC(=O)c1cccc(CN2CCC(CN3CCC(Oc4ccc(Cl)c(Cl)c4)CC3)CC2)c1. The van der Waals surface area contributed by atoms with E-state index in [-0.39, 0.29) is 11.9 Å². The summed E-state index contributed by atoms with van der Waals surface area (Å²) < 4.78 is 6.13. The van der Waals surface area contributed by atoms with Crippen LogP contribution in [0.5, 0.6) is 5.75 Å². The van der Waals surface area contributed by atoms with Gasteiger partial charge < -0.3 is 9.64 Å². The number of carbonyl (C=O) groups excluding carboxylic acids is 1. The second kappa shape index (κ2) is 11.0. The summed E-state index contributed by atoms with van der Waals surface area (Å²) in [6.07, 6.45) is 4.83. The fraction of sp³-hybridized carbons (Fsp3) is 0.500. The summed E-state index contributed by atoms with van der Waals surface area (Å²) >= 11 is 12.1. The number of hydrogen-bond donors (Lipinski definition) is 0. The summed E-state index contributed by atoms with van der Waals surface area (Å²) in [7, 11) is 0. The molecule has 0 amide bonds. The van der Waals surface area contributed by atoms with E-state index >= 15 is 0 Å². The van der Waals surface area contributed by atoms with Crippen molar-refractivity contribution in [1.82, 2.24) is 9.80 Å². The van der Waals surface area contributed by atoms with E-state index in [0.29, 0.717) is 10.0 Å². The van der Waals surface area contributed by atoms with E-state index in [4.69, 9.17) is 27.9 Å². The number of ether oxygens (including phenoxy) is 1. The van der Waals surface area contributed by atoms with Crippen molar-refractivity contribution in [3.8, 4) is 5.75 Å². The van der Waals surface area contributed by atoms with Gasteiger partial charge in [0, 0.05) is 37.8 Å². The maximum atomic E-state index is 11.6. The number of likely N-dealkylation sites (tertiary alicyclic amines) is 2. The molecule has 0 aliphatic carbocycles. The van der Waals surface area contributed by atoms with E-state index < -0.39 is 0 Å². The van der Waals surface area contributed by atoms with Gasteiger partial charge in [0.15, 0.2) is 5.78 Å². The Labute approximate surface area is 201 Å². The predicted molar refractivity (Wildman–Crippen MR) is 131 cm³/mol. The molecular formula is C26H32Cl2N2O2.